The standard InChI is InChI=1S/C22H25ClN4O3/c1-5-30-21-18(23)11-16(12-19(21)29-4)13-24-22(28)25-20-14(2)26-27(15(20)3)17-9-7-6-8-10-17/h6-12H,5,13H2,1-4H3,(H2,24,25,28). The first kappa shape index (κ1) is 21.5. The van der Waals surface area contributed by atoms with Crippen LogP contribution in [0.5, 0.6) is 11.5 Å². The Morgan fingerprint density at radius 1 is 1.20 bits per heavy atom. The van der Waals surface area contributed by atoms with Crippen molar-refractivity contribution in [2.45, 2.75) is 27.3 Å². The number of urea groups is 1. The van der Waals surface area contributed by atoms with Gasteiger partial charge in [-0.05, 0) is 50.6 Å². The molecule has 0 atom stereocenters. The summed E-state index contributed by atoms with van der Waals surface area (Å²) in [4.78, 5) is 12.5. The Balaban J connectivity index is 1.70. The van der Waals surface area contributed by atoms with E-state index in [1.54, 1.807) is 19.2 Å². The maximum absolute atomic E-state index is 12.5. The van der Waals surface area contributed by atoms with Gasteiger partial charge in [-0.15, -0.1) is 0 Å². The molecule has 1 aromatic heterocycles. The van der Waals surface area contributed by atoms with Crippen LogP contribution in [0.2, 0.25) is 5.02 Å². The van der Waals surface area contributed by atoms with Crippen molar-refractivity contribution in [1.82, 2.24) is 15.1 Å². The molecule has 0 radical (unpaired) electrons. The second kappa shape index (κ2) is 9.54. The first-order valence-electron chi connectivity index (χ1n) is 9.60. The third-order valence-electron chi connectivity index (χ3n) is 4.56. The number of aromatic nitrogens is 2. The monoisotopic (exact) mass is 428 g/mol. The largest absolute Gasteiger partial charge is 0.493 e. The first-order valence-corrected chi connectivity index (χ1v) is 9.98. The fraction of sp³-hybridized carbons (Fsp3) is 0.273. The molecule has 0 unspecified atom stereocenters. The minimum Gasteiger partial charge on any atom is -0.493 e. The molecule has 158 valence electrons. The van der Waals surface area contributed by atoms with Crippen LogP contribution in [-0.2, 0) is 6.54 Å². The Morgan fingerprint density at radius 3 is 2.60 bits per heavy atom. The maximum atomic E-state index is 12.5. The van der Waals surface area contributed by atoms with Crippen LogP contribution < -0.4 is 20.1 Å². The molecule has 0 spiro atoms. The predicted octanol–water partition coefficient (Wildman–Crippen LogP) is 4.87. The van der Waals surface area contributed by atoms with Crippen LogP contribution in [-0.4, -0.2) is 29.5 Å². The van der Waals surface area contributed by atoms with E-state index in [9.17, 15) is 4.79 Å². The lowest BCUT2D eigenvalue weighted by atomic mass is 10.2. The molecular weight excluding hydrogens is 404 g/mol. The van der Waals surface area contributed by atoms with Gasteiger partial charge in [0.2, 0.25) is 0 Å². The number of rotatable bonds is 7. The van der Waals surface area contributed by atoms with Crippen molar-refractivity contribution in [3.63, 3.8) is 0 Å². The number of aryl methyl sites for hydroxylation is 1. The zero-order valence-corrected chi connectivity index (χ0v) is 18.2. The molecule has 3 rings (SSSR count). The summed E-state index contributed by atoms with van der Waals surface area (Å²) in [5, 5.41) is 10.7. The summed E-state index contributed by atoms with van der Waals surface area (Å²) in [5.74, 6) is 1.02. The molecule has 7 nitrogen and oxygen atoms in total. The predicted molar refractivity (Wildman–Crippen MR) is 118 cm³/mol. The number of hydrogen-bond donors (Lipinski definition) is 2. The van der Waals surface area contributed by atoms with E-state index in [0.29, 0.717) is 28.8 Å². The Hall–Kier alpha value is -3.19. The van der Waals surface area contributed by atoms with Crippen LogP contribution in [0.1, 0.15) is 23.9 Å². The molecule has 2 aromatic carbocycles. The average Bonchev–Trinajstić information content (AvgIpc) is 3.02. The molecule has 2 amide bonds. The van der Waals surface area contributed by atoms with Gasteiger partial charge < -0.3 is 20.1 Å². The van der Waals surface area contributed by atoms with Gasteiger partial charge in [0.15, 0.2) is 11.5 Å². The zero-order valence-electron chi connectivity index (χ0n) is 17.5. The van der Waals surface area contributed by atoms with Crippen LogP contribution in [0.4, 0.5) is 10.5 Å². The van der Waals surface area contributed by atoms with Crippen molar-refractivity contribution in [2.24, 2.45) is 0 Å². The number of anilines is 1. The SMILES string of the molecule is CCOc1c(Cl)cc(CNC(=O)Nc2c(C)nn(-c3ccccc3)c2C)cc1OC. The van der Waals surface area contributed by atoms with Gasteiger partial charge in [-0.2, -0.15) is 5.10 Å². The third-order valence-corrected chi connectivity index (χ3v) is 4.84. The van der Waals surface area contributed by atoms with E-state index in [4.69, 9.17) is 21.1 Å². The van der Waals surface area contributed by atoms with E-state index >= 15 is 0 Å². The molecule has 1 heterocycles. The molecule has 30 heavy (non-hydrogen) atoms. The van der Waals surface area contributed by atoms with Crippen molar-refractivity contribution in [3.8, 4) is 17.2 Å². The van der Waals surface area contributed by atoms with Gasteiger partial charge in [0, 0.05) is 6.54 Å². The van der Waals surface area contributed by atoms with E-state index < -0.39 is 0 Å². The quantitative estimate of drug-likeness (QED) is 0.562. The van der Waals surface area contributed by atoms with Crippen LogP contribution in [0.25, 0.3) is 5.69 Å². The second-order valence-electron chi connectivity index (χ2n) is 6.64. The molecule has 3 aromatic rings. The van der Waals surface area contributed by atoms with Gasteiger partial charge >= 0.3 is 6.03 Å². The molecule has 0 bridgehead atoms. The molecule has 0 saturated heterocycles. The van der Waals surface area contributed by atoms with Gasteiger partial charge in [0.25, 0.3) is 0 Å². The third kappa shape index (κ3) is 4.68. The smallest absolute Gasteiger partial charge is 0.319 e. The lowest BCUT2D eigenvalue weighted by Gasteiger charge is -2.14. The Bertz CT molecular complexity index is 1030. The van der Waals surface area contributed by atoms with E-state index in [2.05, 4.69) is 15.7 Å². The number of para-hydroxylation sites is 1. The summed E-state index contributed by atoms with van der Waals surface area (Å²) in [6.07, 6.45) is 0. The zero-order chi connectivity index (χ0) is 21.7. The van der Waals surface area contributed by atoms with Crippen molar-refractivity contribution in [1.29, 1.82) is 0 Å². The highest BCUT2D eigenvalue weighted by atomic mass is 35.5. The van der Waals surface area contributed by atoms with Gasteiger partial charge in [-0.25, -0.2) is 9.48 Å². The van der Waals surface area contributed by atoms with E-state index in [1.165, 1.54) is 0 Å². The molecule has 0 saturated carbocycles. The molecule has 0 aliphatic heterocycles. The van der Waals surface area contributed by atoms with Crippen LogP contribution in [0.3, 0.4) is 0 Å². The van der Waals surface area contributed by atoms with Gasteiger partial charge in [0.1, 0.15) is 0 Å². The highest BCUT2D eigenvalue weighted by Gasteiger charge is 2.16. The number of methoxy groups -OCH3 is 1. The number of nitrogens with zero attached hydrogens (tertiary/aromatic N) is 2. The lowest BCUT2D eigenvalue weighted by molar-refractivity contribution is 0.251. The van der Waals surface area contributed by atoms with Crippen molar-refractivity contribution < 1.29 is 14.3 Å². The van der Waals surface area contributed by atoms with Gasteiger partial charge in [0.05, 0.1) is 41.5 Å². The van der Waals surface area contributed by atoms with Gasteiger partial charge in [-0.3, -0.25) is 0 Å². The number of ether oxygens (including phenoxy) is 2. The highest BCUT2D eigenvalue weighted by molar-refractivity contribution is 6.32. The van der Waals surface area contributed by atoms with E-state index in [0.717, 1.165) is 22.6 Å². The van der Waals surface area contributed by atoms with E-state index in [-0.39, 0.29) is 12.6 Å². The van der Waals surface area contributed by atoms with Crippen molar-refractivity contribution in [3.05, 3.63) is 64.4 Å². The summed E-state index contributed by atoms with van der Waals surface area (Å²) in [7, 11) is 1.55. The fourth-order valence-electron chi connectivity index (χ4n) is 3.14. The average molecular weight is 429 g/mol. The normalized spacial score (nSPS) is 10.6. The minimum atomic E-state index is -0.335. The number of amides is 2. The van der Waals surface area contributed by atoms with Crippen molar-refractivity contribution in [2.75, 3.05) is 19.0 Å². The summed E-state index contributed by atoms with van der Waals surface area (Å²) >= 11 is 6.30. The highest BCUT2D eigenvalue weighted by Crippen LogP contribution is 2.36. The summed E-state index contributed by atoms with van der Waals surface area (Å²) in [6.45, 7) is 6.41. The Kier molecular flexibility index (Phi) is 6.84. The topological polar surface area (TPSA) is 77.4 Å². The van der Waals surface area contributed by atoms with E-state index in [1.807, 2.05) is 55.8 Å². The number of benzene rings is 2. The summed E-state index contributed by atoms with van der Waals surface area (Å²) in [5.41, 5.74) is 3.99. The summed E-state index contributed by atoms with van der Waals surface area (Å²) < 4.78 is 12.7. The van der Waals surface area contributed by atoms with Crippen LogP contribution in [0, 0.1) is 13.8 Å². The van der Waals surface area contributed by atoms with Gasteiger partial charge in [-0.1, -0.05) is 29.8 Å². The summed E-state index contributed by atoms with van der Waals surface area (Å²) in [6, 6.07) is 13.0. The lowest BCUT2D eigenvalue weighted by Crippen LogP contribution is -2.28. The number of carbonyl (C=O) groups excluding carboxylic acids is 1. The fourth-order valence-corrected chi connectivity index (χ4v) is 3.43. The number of carbonyl (C=O) groups is 1. The van der Waals surface area contributed by atoms with Crippen LogP contribution >= 0.6 is 11.6 Å². The molecule has 8 heteroatoms. The first-order chi connectivity index (χ1) is 14.4. The number of halogens is 1. The molecule has 2 N–H and O–H groups in total. The van der Waals surface area contributed by atoms with Crippen LogP contribution in [0.15, 0.2) is 42.5 Å². The molecule has 0 aliphatic carbocycles. The number of hydrogen-bond acceptors (Lipinski definition) is 4. The Morgan fingerprint density at radius 2 is 1.93 bits per heavy atom. The second-order valence-corrected chi connectivity index (χ2v) is 7.05. The van der Waals surface area contributed by atoms with Crippen molar-refractivity contribution >= 4 is 23.3 Å². The molecular formula is C22H25ClN4O3. The minimum absolute atomic E-state index is 0.277. The Labute approximate surface area is 180 Å². The molecule has 0 aliphatic rings. The number of nitrogens with one attached hydrogen (secondary N) is 2. The maximum Gasteiger partial charge on any atom is 0.319 e. The molecule has 0 fully saturated rings.